The average Bonchev–Trinajstić information content (AvgIpc) is 2.19. The van der Waals surface area contributed by atoms with E-state index in [1.54, 1.807) is 12.1 Å². The first-order valence-corrected chi connectivity index (χ1v) is 5.14. The maximum Gasteiger partial charge on any atom is 0.126 e. The summed E-state index contributed by atoms with van der Waals surface area (Å²) < 4.78 is 18.3. The summed E-state index contributed by atoms with van der Waals surface area (Å²) in [5.41, 5.74) is 0. The van der Waals surface area contributed by atoms with Gasteiger partial charge in [-0.2, -0.15) is 0 Å². The van der Waals surface area contributed by atoms with Gasteiger partial charge in [-0.25, -0.2) is 4.39 Å². The quantitative estimate of drug-likeness (QED) is 0.698. The third-order valence-electron chi connectivity index (χ3n) is 2.44. The van der Waals surface area contributed by atoms with E-state index in [4.69, 9.17) is 4.74 Å². The zero-order valence-corrected chi connectivity index (χ0v) is 8.79. The van der Waals surface area contributed by atoms with Crippen molar-refractivity contribution in [1.29, 1.82) is 0 Å². The van der Waals surface area contributed by atoms with Crippen LogP contribution in [0, 0.1) is 11.7 Å². The summed E-state index contributed by atoms with van der Waals surface area (Å²) in [4.78, 5) is 0. The van der Waals surface area contributed by atoms with Gasteiger partial charge in [-0.3, -0.25) is 0 Å². The van der Waals surface area contributed by atoms with Crippen LogP contribution >= 0.6 is 0 Å². The normalized spacial score (nSPS) is 10.6. The molecule has 0 spiro atoms. The standard InChI is InChI=1S/C12H17FO/c1-3-10(4-2)9-14-12-7-5-6-11(13)8-12/h5-8,10H,3-4,9H2,1-2H3. The largest absolute Gasteiger partial charge is 0.493 e. The van der Waals surface area contributed by atoms with Gasteiger partial charge in [-0.05, 0) is 18.1 Å². The van der Waals surface area contributed by atoms with Crippen LogP contribution in [0.2, 0.25) is 0 Å². The zero-order valence-electron chi connectivity index (χ0n) is 8.79. The number of hydrogen-bond donors (Lipinski definition) is 0. The Kier molecular flexibility index (Phi) is 4.44. The van der Waals surface area contributed by atoms with Gasteiger partial charge in [-0.15, -0.1) is 0 Å². The fourth-order valence-corrected chi connectivity index (χ4v) is 1.30. The maximum absolute atomic E-state index is 12.8. The van der Waals surface area contributed by atoms with Crippen LogP contribution in [0.15, 0.2) is 24.3 Å². The molecule has 0 aliphatic carbocycles. The molecule has 1 aromatic rings. The molecule has 0 aromatic heterocycles. The number of rotatable bonds is 5. The van der Waals surface area contributed by atoms with E-state index >= 15 is 0 Å². The van der Waals surface area contributed by atoms with Crippen molar-refractivity contribution in [2.45, 2.75) is 26.7 Å². The topological polar surface area (TPSA) is 9.23 Å². The molecule has 0 fully saturated rings. The van der Waals surface area contributed by atoms with Gasteiger partial charge in [0, 0.05) is 6.07 Å². The third kappa shape index (κ3) is 3.36. The van der Waals surface area contributed by atoms with Crippen LogP contribution in [0.5, 0.6) is 5.75 Å². The Bertz CT molecular complexity index is 269. The summed E-state index contributed by atoms with van der Waals surface area (Å²) >= 11 is 0. The molecule has 1 rings (SSSR count). The van der Waals surface area contributed by atoms with Crippen molar-refractivity contribution in [3.63, 3.8) is 0 Å². The van der Waals surface area contributed by atoms with Gasteiger partial charge < -0.3 is 4.74 Å². The molecule has 1 aromatic carbocycles. The molecular formula is C12H17FO. The summed E-state index contributed by atoms with van der Waals surface area (Å²) in [5, 5.41) is 0. The Balaban J connectivity index is 2.44. The molecule has 0 radical (unpaired) electrons. The lowest BCUT2D eigenvalue weighted by Gasteiger charge is -2.13. The van der Waals surface area contributed by atoms with E-state index in [2.05, 4.69) is 13.8 Å². The van der Waals surface area contributed by atoms with Crippen molar-refractivity contribution in [3.8, 4) is 5.75 Å². The first kappa shape index (κ1) is 11.0. The predicted octanol–water partition coefficient (Wildman–Crippen LogP) is 3.64. The zero-order chi connectivity index (χ0) is 10.4. The van der Waals surface area contributed by atoms with Crippen LogP contribution in [0.1, 0.15) is 26.7 Å². The van der Waals surface area contributed by atoms with Crippen LogP contribution in [0.25, 0.3) is 0 Å². The van der Waals surface area contributed by atoms with Gasteiger partial charge >= 0.3 is 0 Å². The summed E-state index contributed by atoms with van der Waals surface area (Å²) in [6.07, 6.45) is 2.21. The van der Waals surface area contributed by atoms with Gasteiger partial charge in [0.25, 0.3) is 0 Å². The van der Waals surface area contributed by atoms with Crippen LogP contribution < -0.4 is 4.74 Å². The average molecular weight is 196 g/mol. The second kappa shape index (κ2) is 5.63. The molecule has 0 saturated heterocycles. The molecule has 0 aliphatic rings. The summed E-state index contributed by atoms with van der Waals surface area (Å²) in [6, 6.07) is 6.29. The molecule has 2 heteroatoms. The molecule has 78 valence electrons. The summed E-state index contributed by atoms with van der Waals surface area (Å²) in [7, 11) is 0. The van der Waals surface area contributed by atoms with E-state index in [0.29, 0.717) is 18.3 Å². The number of ether oxygens (including phenoxy) is 1. The van der Waals surface area contributed by atoms with E-state index in [1.165, 1.54) is 12.1 Å². The third-order valence-corrected chi connectivity index (χ3v) is 2.44. The van der Waals surface area contributed by atoms with Crippen molar-refractivity contribution >= 4 is 0 Å². The lowest BCUT2D eigenvalue weighted by Crippen LogP contribution is -2.10. The van der Waals surface area contributed by atoms with Gasteiger partial charge in [0.05, 0.1) is 6.61 Å². The van der Waals surface area contributed by atoms with Crippen LogP contribution in [0.4, 0.5) is 4.39 Å². The van der Waals surface area contributed by atoms with E-state index in [9.17, 15) is 4.39 Å². The highest BCUT2D eigenvalue weighted by molar-refractivity contribution is 5.22. The predicted molar refractivity (Wildman–Crippen MR) is 56.0 cm³/mol. The Morgan fingerprint density at radius 2 is 2.00 bits per heavy atom. The molecule has 1 nitrogen and oxygen atoms in total. The molecule has 14 heavy (non-hydrogen) atoms. The highest BCUT2D eigenvalue weighted by Crippen LogP contribution is 2.15. The van der Waals surface area contributed by atoms with Gasteiger partial charge in [0.2, 0.25) is 0 Å². The molecule has 0 heterocycles. The molecule has 0 saturated carbocycles. The van der Waals surface area contributed by atoms with Gasteiger partial charge in [0.1, 0.15) is 11.6 Å². The lowest BCUT2D eigenvalue weighted by molar-refractivity contribution is 0.240. The minimum atomic E-state index is -0.243. The Morgan fingerprint density at radius 3 is 2.57 bits per heavy atom. The van der Waals surface area contributed by atoms with Crippen molar-refractivity contribution in [1.82, 2.24) is 0 Å². The fraction of sp³-hybridized carbons (Fsp3) is 0.500. The molecule has 0 unspecified atom stereocenters. The Labute approximate surface area is 84.9 Å². The second-order valence-corrected chi connectivity index (χ2v) is 3.45. The SMILES string of the molecule is CCC(CC)COc1cccc(F)c1. The molecule has 0 N–H and O–H groups in total. The molecule has 0 bridgehead atoms. The van der Waals surface area contributed by atoms with Crippen molar-refractivity contribution in [3.05, 3.63) is 30.1 Å². The minimum Gasteiger partial charge on any atom is -0.493 e. The first-order chi connectivity index (χ1) is 6.76. The van der Waals surface area contributed by atoms with Crippen molar-refractivity contribution in [2.24, 2.45) is 5.92 Å². The minimum absolute atomic E-state index is 0.243. The van der Waals surface area contributed by atoms with Crippen molar-refractivity contribution in [2.75, 3.05) is 6.61 Å². The van der Waals surface area contributed by atoms with E-state index in [-0.39, 0.29) is 5.82 Å². The van der Waals surface area contributed by atoms with Gasteiger partial charge in [-0.1, -0.05) is 32.8 Å². The van der Waals surface area contributed by atoms with Crippen LogP contribution in [-0.2, 0) is 0 Å². The van der Waals surface area contributed by atoms with E-state index in [1.807, 2.05) is 0 Å². The summed E-state index contributed by atoms with van der Waals surface area (Å²) in [5.74, 6) is 0.946. The van der Waals surface area contributed by atoms with E-state index < -0.39 is 0 Å². The molecular weight excluding hydrogens is 179 g/mol. The second-order valence-electron chi connectivity index (χ2n) is 3.45. The first-order valence-electron chi connectivity index (χ1n) is 5.14. The van der Waals surface area contributed by atoms with Crippen LogP contribution in [-0.4, -0.2) is 6.61 Å². The maximum atomic E-state index is 12.8. The Hall–Kier alpha value is -1.05. The van der Waals surface area contributed by atoms with E-state index in [0.717, 1.165) is 12.8 Å². The molecule has 0 amide bonds. The number of halogens is 1. The highest BCUT2D eigenvalue weighted by atomic mass is 19.1. The smallest absolute Gasteiger partial charge is 0.126 e. The fourth-order valence-electron chi connectivity index (χ4n) is 1.30. The lowest BCUT2D eigenvalue weighted by atomic mass is 10.1. The monoisotopic (exact) mass is 196 g/mol. The number of hydrogen-bond acceptors (Lipinski definition) is 1. The number of benzene rings is 1. The molecule has 0 aliphatic heterocycles. The Morgan fingerprint density at radius 1 is 1.29 bits per heavy atom. The van der Waals surface area contributed by atoms with Crippen molar-refractivity contribution < 1.29 is 9.13 Å². The van der Waals surface area contributed by atoms with Gasteiger partial charge in [0.15, 0.2) is 0 Å². The summed E-state index contributed by atoms with van der Waals surface area (Å²) in [6.45, 7) is 4.96. The van der Waals surface area contributed by atoms with Crippen LogP contribution in [0.3, 0.4) is 0 Å². The molecule has 0 atom stereocenters. The highest BCUT2D eigenvalue weighted by Gasteiger charge is 2.04.